The van der Waals surface area contributed by atoms with Crippen molar-refractivity contribution in [3.63, 3.8) is 0 Å². The predicted molar refractivity (Wildman–Crippen MR) is 116 cm³/mol. The van der Waals surface area contributed by atoms with Crippen LogP contribution in [0.3, 0.4) is 0 Å². The second-order valence-corrected chi connectivity index (χ2v) is 8.55. The minimum Gasteiger partial charge on any atom is -0.356 e. The zero-order valence-electron chi connectivity index (χ0n) is 18.1. The second kappa shape index (κ2) is 9.45. The molecule has 0 radical (unpaired) electrons. The summed E-state index contributed by atoms with van der Waals surface area (Å²) >= 11 is 0. The van der Waals surface area contributed by atoms with Gasteiger partial charge >= 0.3 is 0 Å². The van der Waals surface area contributed by atoms with Gasteiger partial charge in [-0.2, -0.15) is 5.10 Å². The third kappa shape index (κ3) is 5.21. The summed E-state index contributed by atoms with van der Waals surface area (Å²) in [4.78, 5) is 12.2. The highest BCUT2D eigenvalue weighted by atomic mass is 19.1. The molecule has 0 atom stereocenters. The number of nitrogens with one attached hydrogen (secondary N) is 1. The SMILES string of the molecule is Cc1cc(-c2cn(C)nc2C2CCC(CNC(=O)CCc3ccccc3F)CC2)on1. The number of carbonyl (C=O) groups is 1. The van der Waals surface area contributed by atoms with Gasteiger partial charge in [-0.1, -0.05) is 23.4 Å². The number of amides is 1. The molecule has 2 aromatic heterocycles. The van der Waals surface area contributed by atoms with Crippen LogP contribution in [0.15, 0.2) is 41.1 Å². The van der Waals surface area contributed by atoms with Crippen molar-refractivity contribution in [2.24, 2.45) is 13.0 Å². The maximum Gasteiger partial charge on any atom is 0.220 e. The molecule has 164 valence electrons. The smallest absolute Gasteiger partial charge is 0.220 e. The molecule has 0 saturated heterocycles. The Bertz CT molecular complexity index is 1030. The van der Waals surface area contributed by atoms with Crippen LogP contribution < -0.4 is 5.32 Å². The second-order valence-electron chi connectivity index (χ2n) is 8.55. The summed E-state index contributed by atoms with van der Waals surface area (Å²) in [5, 5.41) is 11.8. The van der Waals surface area contributed by atoms with E-state index < -0.39 is 0 Å². The molecule has 0 bridgehead atoms. The fraction of sp³-hybridized carbons (Fsp3) is 0.458. The number of hydrogen-bond donors (Lipinski definition) is 1. The van der Waals surface area contributed by atoms with Gasteiger partial charge in [0.05, 0.1) is 17.0 Å². The lowest BCUT2D eigenvalue weighted by molar-refractivity contribution is -0.121. The van der Waals surface area contributed by atoms with E-state index in [0.717, 1.165) is 48.4 Å². The highest BCUT2D eigenvalue weighted by Gasteiger charge is 2.28. The molecule has 6 nitrogen and oxygen atoms in total. The van der Waals surface area contributed by atoms with Crippen molar-refractivity contribution in [3.8, 4) is 11.3 Å². The molecule has 2 heterocycles. The van der Waals surface area contributed by atoms with Gasteiger partial charge in [-0.3, -0.25) is 9.48 Å². The number of carbonyl (C=O) groups excluding carboxylic acids is 1. The highest BCUT2D eigenvalue weighted by Crippen LogP contribution is 2.39. The lowest BCUT2D eigenvalue weighted by Gasteiger charge is -2.28. The molecule has 1 aromatic carbocycles. The summed E-state index contributed by atoms with van der Waals surface area (Å²) in [6, 6.07) is 8.57. The predicted octanol–water partition coefficient (Wildman–Crippen LogP) is 4.55. The van der Waals surface area contributed by atoms with E-state index in [4.69, 9.17) is 9.62 Å². The van der Waals surface area contributed by atoms with Crippen molar-refractivity contribution < 1.29 is 13.7 Å². The van der Waals surface area contributed by atoms with Crippen molar-refractivity contribution in [2.45, 2.75) is 51.4 Å². The van der Waals surface area contributed by atoms with Crippen molar-refractivity contribution in [1.82, 2.24) is 20.3 Å². The summed E-state index contributed by atoms with van der Waals surface area (Å²) in [6.45, 7) is 2.60. The molecule has 31 heavy (non-hydrogen) atoms. The molecule has 1 fully saturated rings. The van der Waals surface area contributed by atoms with E-state index >= 15 is 0 Å². The van der Waals surface area contributed by atoms with Gasteiger partial charge in [0, 0.05) is 38.2 Å². The molecule has 4 rings (SSSR count). The zero-order valence-corrected chi connectivity index (χ0v) is 18.1. The van der Waals surface area contributed by atoms with Gasteiger partial charge in [-0.05, 0) is 56.6 Å². The number of aromatic nitrogens is 3. The van der Waals surface area contributed by atoms with E-state index in [9.17, 15) is 9.18 Å². The maximum absolute atomic E-state index is 13.7. The lowest BCUT2D eigenvalue weighted by Crippen LogP contribution is -2.31. The Labute approximate surface area is 181 Å². The fourth-order valence-electron chi connectivity index (χ4n) is 4.42. The molecule has 1 N–H and O–H groups in total. The minimum atomic E-state index is -0.247. The summed E-state index contributed by atoms with van der Waals surface area (Å²) < 4.78 is 21.0. The van der Waals surface area contributed by atoms with Crippen LogP contribution in [0.5, 0.6) is 0 Å². The van der Waals surface area contributed by atoms with Crippen LogP contribution >= 0.6 is 0 Å². The van der Waals surface area contributed by atoms with Gasteiger partial charge in [0.25, 0.3) is 0 Å². The third-order valence-electron chi connectivity index (χ3n) is 6.15. The van der Waals surface area contributed by atoms with E-state index in [1.165, 1.54) is 6.07 Å². The van der Waals surface area contributed by atoms with Gasteiger partial charge in [0.1, 0.15) is 5.82 Å². The Balaban J connectivity index is 1.26. The quantitative estimate of drug-likeness (QED) is 0.604. The summed E-state index contributed by atoms with van der Waals surface area (Å²) in [5.41, 5.74) is 3.55. The zero-order chi connectivity index (χ0) is 21.8. The first-order valence-electron chi connectivity index (χ1n) is 11.0. The molecule has 0 unspecified atom stereocenters. The maximum atomic E-state index is 13.7. The Kier molecular flexibility index (Phi) is 6.49. The largest absolute Gasteiger partial charge is 0.356 e. The van der Waals surface area contributed by atoms with E-state index in [1.54, 1.807) is 18.2 Å². The summed E-state index contributed by atoms with van der Waals surface area (Å²) in [6.07, 6.45) is 6.89. The first kappa shape index (κ1) is 21.3. The molecule has 1 saturated carbocycles. The van der Waals surface area contributed by atoms with Crippen LogP contribution in [0.25, 0.3) is 11.3 Å². The van der Waals surface area contributed by atoms with Gasteiger partial charge < -0.3 is 9.84 Å². The first-order chi connectivity index (χ1) is 15.0. The molecule has 1 aliphatic carbocycles. The van der Waals surface area contributed by atoms with Gasteiger partial charge in [-0.15, -0.1) is 0 Å². The Hall–Kier alpha value is -2.96. The van der Waals surface area contributed by atoms with E-state index in [-0.39, 0.29) is 11.7 Å². The van der Waals surface area contributed by atoms with Gasteiger partial charge in [-0.25, -0.2) is 4.39 Å². The number of benzene rings is 1. The number of halogens is 1. The summed E-state index contributed by atoms with van der Waals surface area (Å²) in [5.74, 6) is 1.36. The molecular formula is C24H29FN4O2. The average Bonchev–Trinajstić information content (AvgIpc) is 3.37. The Morgan fingerprint density at radius 1 is 1.26 bits per heavy atom. The lowest BCUT2D eigenvalue weighted by atomic mass is 9.79. The van der Waals surface area contributed by atoms with Gasteiger partial charge in [0.2, 0.25) is 5.91 Å². The van der Waals surface area contributed by atoms with Crippen molar-refractivity contribution in [2.75, 3.05) is 6.54 Å². The van der Waals surface area contributed by atoms with Crippen LogP contribution in [-0.2, 0) is 18.3 Å². The molecule has 0 aliphatic heterocycles. The standard InChI is InChI=1S/C24H29FN4O2/c1-16-13-22(31-28-16)20-15-29(2)27-24(20)19-9-7-17(8-10-19)14-26-23(30)12-11-18-5-3-4-6-21(18)25/h3-6,13,15,17,19H,7-12,14H2,1-2H3,(H,26,30). The average molecular weight is 425 g/mol. The number of hydrogen-bond acceptors (Lipinski definition) is 4. The van der Waals surface area contributed by atoms with E-state index in [2.05, 4.69) is 10.5 Å². The van der Waals surface area contributed by atoms with E-state index in [0.29, 0.717) is 36.8 Å². The van der Waals surface area contributed by atoms with Crippen LogP contribution in [0.2, 0.25) is 0 Å². The number of rotatable bonds is 7. The molecule has 3 aromatic rings. The normalized spacial score (nSPS) is 18.8. The Morgan fingerprint density at radius 3 is 2.74 bits per heavy atom. The van der Waals surface area contributed by atoms with Crippen molar-refractivity contribution >= 4 is 5.91 Å². The van der Waals surface area contributed by atoms with Crippen LogP contribution in [0, 0.1) is 18.7 Å². The molecule has 0 spiro atoms. The molecule has 1 amide bonds. The third-order valence-corrected chi connectivity index (χ3v) is 6.15. The summed E-state index contributed by atoms with van der Waals surface area (Å²) in [7, 11) is 1.93. The highest BCUT2D eigenvalue weighted by molar-refractivity contribution is 5.76. The van der Waals surface area contributed by atoms with Crippen molar-refractivity contribution in [3.05, 3.63) is 59.3 Å². The van der Waals surface area contributed by atoms with Crippen molar-refractivity contribution in [1.29, 1.82) is 0 Å². The first-order valence-corrected chi connectivity index (χ1v) is 11.0. The molecular weight excluding hydrogens is 395 g/mol. The number of nitrogens with zero attached hydrogens (tertiary/aromatic N) is 3. The Morgan fingerprint density at radius 2 is 2.03 bits per heavy atom. The van der Waals surface area contributed by atoms with Crippen LogP contribution in [0.4, 0.5) is 4.39 Å². The van der Waals surface area contributed by atoms with E-state index in [1.807, 2.05) is 30.9 Å². The fourth-order valence-corrected chi connectivity index (χ4v) is 4.42. The van der Waals surface area contributed by atoms with Gasteiger partial charge in [0.15, 0.2) is 5.76 Å². The minimum absolute atomic E-state index is 0.0157. The van der Waals surface area contributed by atoms with Crippen LogP contribution in [0.1, 0.15) is 55.0 Å². The van der Waals surface area contributed by atoms with Crippen LogP contribution in [-0.4, -0.2) is 27.4 Å². The topological polar surface area (TPSA) is 73.0 Å². The monoisotopic (exact) mass is 424 g/mol. The number of aryl methyl sites for hydroxylation is 3. The molecule has 1 aliphatic rings. The molecule has 7 heteroatoms.